The van der Waals surface area contributed by atoms with E-state index in [2.05, 4.69) is 30.5 Å². The van der Waals surface area contributed by atoms with Crippen LogP contribution in [-0.2, 0) is 16.6 Å². The highest BCUT2D eigenvalue weighted by molar-refractivity contribution is 7.89. The SMILES string of the molecule is CCNS(=O)(=O)c1cccc(N=Nc2cn[nH]c2NCc2cc(C)cc(N)c2)c1. The molecule has 152 valence electrons. The maximum absolute atomic E-state index is 12.1. The molecule has 3 rings (SSSR count). The lowest BCUT2D eigenvalue weighted by Gasteiger charge is -2.07. The molecule has 0 radical (unpaired) electrons. The van der Waals surface area contributed by atoms with Crippen molar-refractivity contribution in [1.82, 2.24) is 14.9 Å². The normalized spacial score (nSPS) is 11.8. The maximum atomic E-state index is 12.1. The van der Waals surface area contributed by atoms with Crippen LogP contribution in [0.25, 0.3) is 0 Å². The number of nitrogen functional groups attached to an aromatic ring is 1. The largest absolute Gasteiger partial charge is 0.399 e. The molecule has 0 saturated carbocycles. The van der Waals surface area contributed by atoms with E-state index in [0.717, 1.165) is 11.1 Å². The molecular formula is C19H23N7O2S. The number of hydrogen-bond donors (Lipinski definition) is 4. The predicted molar refractivity (Wildman–Crippen MR) is 113 cm³/mol. The van der Waals surface area contributed by atoms with Gasteiger partial charge in [-0.15, -0.1) is 5.11 Å². The van der Waals surface area contributed by atoms with Crippen molar-refractivity contribution in [3.8, 4) is 0 Å². The summed E-state index contributed by atoms with van der Waals surface area (Å²) in [4.78, 5) is 0.137. The number of nitrogens with one attached hydrogen (secondary N) is 3. The van der Waals surface area contributed by atoms with E-state index >= 15 is 0 Å². The van der Waals surface area contributed by atoms with Gasteiger partial charge in [-0.05, 0) is 48.4 Å². The van der Waals surface area contributed by atoms with Gasteiger partial charge in [-0.1, -0.05) is 19.1 Å². The highest BCUT2D eigenvalue weighted by atomic mass is 32.2. The van der Waals surface area contributed by atoms with Crippen LogP contribution < -0.4 is 15.8 Å². The Morgan fingerprint density at radius 3 is 2.76 bits per heavy atom. The van der Waals surface area contributed by atoms with Crippen LogP contribution in [0.4, 0.5) is 22.9 Å². The summed E-state index contributed by atoms with van der Waals surface area (Å²) < 4.78 is 26.7. The summed E-state index contributed by atoms with van der Waals surface area (Å²) in [5, 5.41) is 18.4. The number of aryl methyl sites for hydroxylation is 1. The van der Waals surface area contributed by atoms with Gasteiger partial charge in [-0.25, -0.2) is 13.1 Å². The van der Waals surface area contributed by atoms with Gasteiger partial charge in [0.05, 0.1) is 16.8 Å². The zero-order valence-electron chi connectivity index (χ0n) is 16.2. The lowest BCUT2D eigenvalue weighted by atomic mass is 10.1. The first-order valence-electron chi connectivity index (χ1n) is 9.02. The van der Waals surface area contributed by atoms with Crippen molar-refractivity contribution >= 4 is 32.9 Å². The van der Waals surface area contributed by atoms with Gasteiger partial charge in [-0.2, -0.15) is 10.2 Å². The van der Waals surface area contributed by atoms with Gasteiger partial charge in [0.25, 0.3) is 0 Å². The van der Waals surface area contributed by atoms with Crippen molar-refractivity contribution in [3.05, 3.63) is 59.8 Å². The first-order valence-corrected chi connectivity index (χ1v) is 10.5. The number of nitrogens with zero attached hydrogens (tertiary/aromatic N) is 3. The van der Waals surface area contributed by atoms with Gasteiger partial charge in [0.2, 0.25) is 10.0 Å². The number of nitrogens with two attached hydrogens (primary N) is 1. The molecule has 0 amide bonds. The number of benzene rings is 2. The van der Waals surface area contributed by atoms with Crippen LogP contribution in [0.2, 0.25) is 0 Å². The smallest absolute Gasteiger partial charge is 0.240 e. The molecule has 0 aliphatic heterocycles. The Morgan fingerprint density at radius 1 is 1.17 bits per heavy atom. The average Bonchev–Trinajstić information content (AvgIpc) is 3.12. The van der Waals surface area contributed by atoms with E-state index < -0.39 is 10.0 Å². The van der Waals surface area contributed by atoms with Crippen molar-refractivity contribution < 1.29 is 8.42 Å². The van der Waals surface area contributed by atoms with Gasteiger partial charge in [0.1, 0.15) is 11.5 Å². The molecule has 1 heterocycles. The van der Waals surface area contributed by atoms with Gasteiger partial charge >= 0.3 is 0 Å². The van der Waals surface area contributed by atoms with E-state index in [4.69, 9.17) is 5.73 Å². The highest BCUT2D eigenvalue weighted by Gasteiger charge is 2.12. The topological polar surface area (TPSA) is 138 Å². The van der Waals surface area contributed by atoms with Crippen LogP contribution in [-0.4, -0.2) is 25.2 Å². The molecule has 0 aliphatic carbocycles. The molecule has 2 aromatic carbocycles. The monoisotopic (exact) mass is 413 g/mol. The van der Waals surface area contributed by atoms with Crippen LogP contribution in [0.3, 0.4) is 0 Å². The molecule has 0 unspecified atom stereocenters. The number of hydrogen-bond acceptors (Lipinski definition) is 7. The summed E-state index contributed by atoms with van der Waals surface area (Å²) in [7, 11) is -3.55. The number of azo groups is 1. The number of aromatic amines is 1. The lowest BCUT2D eigenvalue weighted by Crippen LogP contribution is -2.22. The van der Waals surface area contributed by atoms with Crippen molar-refractivity contribution in [3.63, 3.8) is 0 Å². The predicted octanol–water partition coefficient (Wildman–Crippen LogP) is 3.63. The Balaban J connectivity index is 1.74. The number of rotatable bonds is 8. The third-order valence-corrected chi connectivity index (χ3v) is 5.53. The Hall–Kier alpha value is -3.24. The Labute approximate surface area is 169 Å². The number of aromatic nitrogens is 2. The molecule has 0 bridgehead atoms. The molecule has 0 aliphatic rings. The molecule has 5 N–H and O–H groups in total. The lowest BCUT2D eigenvalue weighted by molar-refractivity contribution is 0.584. The summed E-state index contributed by atoms with van der Waals surface area (Å²) in [6.07, 6.45) is 1.54. The first kappa shape index (κ1) is 20.5. The average molecular weight is 414 g/mol. The van der Waals surface area contributed by atoms with Crippen LogP contribution in [0, 0.1) is 6.92 Å². The highest BCUT2D eigenvalue weighted by Crippen LogP contribution is 2.26. The minimum absolute atomic E-state index is 0.137. The fourth-order valence-corrected chi connectivity index (χ4v) is 3.85. The first-order chi connectivity index (χ1) is 13.9. The van der Waals surface area contributed by atoms with Crippen molar-refractivity contribution in [1.29, 1.82) is 0 Å². The van der Waals surface area contributed by atoms with Crippen LogP contribution in [0.5, 0.6) is 0 Å². The van der Waals surface area contributed by atoms with Gasteiger partial charge in [0.15, 0.2) is 0 Å². The quantitative estimate of drug-likeness (QED) is 0.330. The molecule has 3 aromatic rings. The molecule has 10 heteroatoms. The molecule has 0 saturated heterocycles. The molecule has 1 aromatic heterocycles. The van der Waals surface area contributed by atoms with Crippen LogP contribution in [0.1, 0.15) is 18.1 Å². The Kier molecular flexibility index (Phi) is 6.25. The number of H-pyrrole nitrogens is 1. The Morgan fingerprint density at radius 2 is 2.00 bits per heavy atom. The molecule has 29 heavy (non-hydrogen) atoms. The molecule has 0 atom stereocenters. The van der Waals surface area contributed by atoms with Crippen molar-refractivity contribution in [2.24, 2.45) is 10.2 Å². The molecule has 9 nitrogen and oxygen atoms in total. The standard InChI is InChI=1S/C19H23N7O2S/c1-3-23-29(27,28)17-6-4-5-16(10-17)24-25-18-12-22-26-19(18)21-11-14-7-13(2)8-15(20)9-14/h4-10,12,23H,3,11,20H2,1-2H3,(H2,21,22,26). The minimum Gasteiger partial charge on any atom is -0.399 e. The summed E-state index contributed by atoms with van der Waals surface area (Å²) in [5.41, 5.74) is 9.63. The van der Waals surface area contributed by atoms with Gasteiger partial charge in [-0.3, -0.25) is 5.10 Å². The second kappa shape index (κ2) is 8.84. The Bertz CT molecular complexity index is 1100. The zero-order chi connectivity index (χ0) is 20.9. The number of sulfonamides is 1. The molecular weight excluding hydrogens is 390 g/mol. The third-order valence-electron chi connectivity index (χ3n) is 3.98. The summed E-state index contributed by atoms with van der Waals surface area (Å²) >= 11 is 0. The summed E-state index contributed by atoms with van der Waals surface area (Å²) in [6.45, 7) is 4.55. The molecule has 0 spiro atoms. The van der Waals surface area contributed by atoms with Crippen LogP contribution >= 0.6 is 0 Å². The maximum Gasteiger partial charge on any atom is 0.240 e. The third kappa shape index (κ3) is 5.39. The van der Waals surface area contributed by atoms with Crippen molar-refractivity contribution in [2.45, 2.75) is 25.3 Å². The van der Waals surface area contributed by atoms with E-state index in [1.165, 1.54) is 18.3 Å². The van der Waals surface area contributed by atoms with Gasteiger partial charge in [0, 0.05) is 18.8 Å². The second-order valence-corrected chi connectivity index (χ2v) is 8.20. The van der Waals surface area contributed by atoms with Crippen molar-refractivity contribution in [2.75, 3.05) is 17.6 Å². The summed E-state index contributed by atoms with van der Waals surface area (Å²) in [6, 6.07) is 12.1. The van der Waals surface area contributed by atoms with E-state index in [-0.39, 0.29) is 4.90 Å². The summed E-state index contributed by atoms with van der Waals surface area (Å²) in [5.74, 6) is 0.602. The fourth-order valence-electron chi connectivity index (χ4n) is 2.77. The van der Waals surface area contributed by atoms with E-state index in [1.54, 1.807) is 19.1 Å². The van der Waals surface area contributed by atoms with Gasteiger partial charge < -0.3 is 11.1 Å². The second-order valence-electron chi connectivity index (χ2n) is 6.43. The van der Waals surface area contributed by atoms with Crippen LogP contribution in [0.15, 0.2) is 63.8 Å². The van der Waals surface area contributed by atoms with E-state index in [0.29, 0.717) is 36.0 Å². The minimum atomic E-state index is -3.55. The zero-order valence-corrected chi connectivity index (χ0v) is 17.0. The number of anilines is 2. The molecule has 0 fully saturated rings. The fraction of sp³-hybridized carbons (Fsp3) is 0.211. The van der Waals surface area contributed by atoms with E-state index in [1.807, 2.05) is 25.1 Å². The van der Waals surface area contributed by atoms with E-state index in [9.17, 15) is 8.42 Å².